The first-order valence-electron chi connectivity index (χ1n) is 9.31. The highest BCUT2D eigenvalue weighted by molar-refractivity contribution is 6.30. The molecule has 0 aliphatic carbocycles. The normalized spacial score (nSPS) is 12.4. The van der Waals surface area contributed by atoms with Gasteiger partial charge in [0.15, 0.2) is 5.78 Å². The summed E-state index contributed by atoms with van der Waals surface area (Å²) in [6.45, 7) is 1.36. The molecule has 0 bridgehead atoms. The zero-order valence-corrected chi connectivity index (χ0v) is 17.1. The van der Waals surface area contributed by atoms with E-state index in [1.54, 1.807) is 24.3 Å². The number of halogens is 1. The molecule has 0 aliphatic rings. The van der Waals surface area contributed by atoms with Gasteiger partial charge in [-0.05, 0) is 36.6 Å². The number of aliphatic hydroxyl groups is 1. The molecule has 0 spiro atoms. The number of Topliss-reactive ketones (excluding diaryl/α,β-unsaturated/α-hetero) is 2. The molecule has 0 saturated carbocycles. The molecule has 2 rings (SSSR count). The fourth-order valence-corrected chi connectivity index (χ4v) is 2.98. The Balaban J connectivity index is 2.10. The Labute approximate surface area is 175 Å². The summed E-state index contributed by atoms with van der Waals surface area (Å²) >= 11 is 5.89. The summed E-state index contributed by atoms with van der Waals surface area (Å²) in [5.74, 6) is -0.169. The smallest absolute Gasteiger partial charge is 0.159 e. The van der Waals surface area contributed by atoms with Crippen LogP contribution in [0.5, 0.6) is 0 Å². The van der Waals surface area contributed by atoms with Crippen LogP contribution in [0.3, 0.4) is 0 Å². The van der Waals surface area contributed by atoms with Crippen molar-refractivity contribution < 1.29 is 19.5 Å². The molecule has 2 aromatic carbocycles. The van der Waals surface area contributed by atoms with Crippen molar-refractivity contribution in [1.82, 2.24) is 0 Å². The van der Waals surface area contributed by atoms with Gasteiger partial charge in [0.2, 0.25) is 0 Å². The molecule has 0 aromatic heterocycles. The van der Waals surface area contributed by atoms with Crippen LogP contribution in [0, 0.1) is 5.92 Å². The first-order valence-corrected chi connectivity index (χ1v) is 9.69. The average Bonchev–Trinajstić information content (AvgIpc) is 2.69. The topological polar surface area (TPSA) is 102 Å². The zero-order chi connectivity index (χ0) is 21.2. The van der Waals surface area contributed by atoms with Gasteiger partial charge in [0.05, 0.1) is 6.61 Å². The van der Waals surface area contributed by atoms with Gasteiger partial charge in [0, 0.05) is 29.3 Å². The Bertz CT molecular complexity index is 848. The highest BCUT2D eigenvalue weighted by atomic mass is 35.5. The van der Waals surface area contributed by atoms with E-state index in [-0.39, 0.29) is 49.4 Å². The van der Waals surface area contributed by atoms with E-state index >= 15 is 0 Å². The number of oxime groups is 1. The van der Waals surface area contributed by atoms with Crippen LogP contribution < -0.4 is 5.73 Å². The molecule has 6 nitrogen and oxygen atoms in total. The molecule has 0 fully saturated rings. The largest absolute Gasteiger partial charge is 0.393 e. The minimum absolute atomic E-state index is 0.00952. The van der Waals surface area contributed by atoms with E-state index in [1.807, 2.05) is 24.3 Å². The lowest BCUT2D eigenvalue weighted by Crippen LogP contribution is -2.29. The van der Waals surface area contributed by atoms with Gasteiger partial charge in [-0.1, -0.05) is 53.2 Å². The molecule has 7 heteroatoms. The highest BCUT2D eigenvalue weighted by Gasteiger charge is 2.20. The summed E-state index contributed by atoms with van der Waals surface area (Å²) < 4.78 is 0. The molecule has 154 valence electrons. The molecule has 1 atom stereocenters. The Morgan fingerprint density at radius 2 is 1.72 bits per heavy atom. The van der Waals surface area contributed by atoms with E-state index in [9.17, 15) is 9.59 Å². The average molecular weight is 417 g/mol. The zero-order valence-electron chi connectivity index (χ0n) is 16.3. The first-order chi connectivity index (χ1) is 13.9. The monoisotopic (exact) mass is 416 g/mol. The lowest BCUT2D eigenvalue weighted by Gasteiger charge is -2.16. The maximum absolute atomic E-state index is 12.6. The van der Waals surface area contributed by atoms with E-state index < -0.39 is 0 Å². The third-order valence-corrected chi connectivity index (χ3v) is 4.65. The Kier molecular flexibility index (Phi) is 8.83. The van der Waals surface area contributed by atoms with Crippen molar-refractivity contribution in [1.29, 1.82) is 0 Å². The minimum atomic E-state index is -0.364. The maximum Gasteiger partial charge on any atom is 0.159 e. The maximum atomic E-state index is 12.6. The number of nitrogens with two attached hydrogens (primary N) is 1. The highest BCUT2D eigenvalue weighted by Crippen LogP contribution is 2.17. The predicted octanol–water partition coefficient (Wildman–Crippen LogP) is 3.18. The minimum Gasteiger partial charge on any atom is -0.393 e. The van der Waals surface area contributed by atoms with Crippen LogP contribution in [0.4, 0.5) is 0 Å². The third kappa shape index (κ3) is 7.68. The van der Waals surface area contributed by atoms with Gasteiger partial charge >= 0.3 is 0 Å². The summed E-state index contributed by atoms with van der Waals surface area (Å²) in [6, 6.07) is 14.3. The van der Waals surface area contributed by atoms with Gasteiger partial charge in [-0.3, -0.25) is 9.59 Å². The fourth-order valence-electron chi connectivity index (χ4n) is 2.85. The SMILES string of the molecule is CC(=O)c1ccc(C[C@H](CC(=O)Cc2ccc(Cl)cc2)/C(N)=N/OCCO)cc1. The predicted molar refractivity (Wildman–Crippen MR) is 113 cm³/mol. The van der Waals surface area contributed by atoms with Crippen LogP contribution in [-0.4, -0.2) is 35.7 Å². The Morgan fingerprint density at radius 3 is 2.31 bits per heavy atom. The number of carbonyl (C=O) groups is 2. The lowest BCUT2D eigenvalue weighted by molar-refractivity contribution is -0.118. The second-order valence-corrected chi connectivity index (χ2v) is 7.21. The lowest BCUT2D eigenvalue weighted by atomic mass is 9.91. The fraction of sp³-hybridized carbons (Fsp3) is 0.318. The van der Waals surface area contributed by atoms with Gasteiger partial charge in [0.25, 0.3) is 0 Å². The molecule has 0 radical (unpaired) electrons. The number of nitrogens with zero attached hydrogens (tertiary/aromatic N) is 1. The van der Waals surface area contributed by atoms with Gasteiger partial charge < -0.3 is 15.7 Å². The van der Waals surface area contributed by atoms with Crippen LogP contribution in [-0.2, 0) is 22.5 Å². The number of hydrogen-bond donors (Lipinski definition) is 2. The molecule has 0 unspecified atom stereocenters. The van der Waals surface area contributed by atoms with Crippen LogP contribution in [0.2, 0.25) is 5.02 Å². The van der Waals surface area contributed by atoms with Crippen molar-refractivity contribution in [2.75, 3.05) is 13.2 Å². The van der Waals surface area contributed by atoms with Crippen molar-refractivity contribution in [3.8, 4) is 0 Å². The van der Waals surface area contributed by atoms with Gasteiger partial charge in [-0.15, -0.1) is 0 Å². The van der Waals surface area contributed by atoms with E-state index in [0.717, 1.165) is 11.1 Å². The molecule has 29 heavy (non-hydrogen) atoms. The molecule has 0 amide bonds. The van der Waals surface area contributed by atoms with Crippen LogP contribution in [0.25, 0.3) is 0 Å². The molecule has 0 heterocycles. The molecule has 3 N–H and O–H groups in total. The van der Waals surface area contributed by atoms with Crippen molar-refractivity contribution in [2.24, 2.45) is 16.8 Å². The molecular formula is C22H25ClN2O4. The van der Waals surface area contributed by atoms with E-state index in [0.29, 0.717) is 17.0 Å². The summed E-state index contributed by atoms with van der Waals surface area (Å²) in [5.41, 5.74) is 8.49. The third-order valence-electron chi connectivity index (χ3n) is 4.40. The van der Waals surface area contributed by atoms with Gasteiger partial charge in [-0.2, -0.15) is 0 Å². The molecule has 0 saturated heterocycles. The summed E-state index contributed by atoms with van der Waals surface area (Å²) in [4.78, 5) is 29.0. The second kappa shape index (κ2) is 11.3. The van der Waals surface area contributed by atoms with Crippen LogP contribution >= 0.6 is 11.6 Å². The number of benzene rings is 2. The Morgan fingerprint density at radius 1 is 1.10 bits per heavy atom. The van der Waals surface area contributed by atoms with Gasteiger partial charge in [0.1, 0.15) is 18.2 Å². The van der Waals surface area contributed by atoms with E-state index in [1.165, 1.54) is 6.92 Å². The van der Waals surface area contributed by atoms with Crippen molar-refractivity contribution in [3.05, 3.63) is 70.2 Å². The summed E-state index contributed by atoms with van der Waals surface area (Å²) in [6.07, 6.45) is 0.930. The number of aliphatic hydroxyl groups excluding tert-OH is 1. The summed E-state index contributed by atoms with van der Waals surface area (Å²) in [7, 11) is 0. The number of rotatable bonds is 11. The van der Waals surface area contributed by atoms with Crippen molar-refractivity contribution >= 4 is 29.0 Å². The molecule has 0 aliphatic heterocycles. The van der Waals surface area contributed by atoms with Crippen LogP contribution in [0.1, 0.15) is 34.8 Å². The molecular weight excluding hydrogens is 392 g/mol. The van der Waals surface area contributed by atoms with Crippen molar-refractivity contribution in [3.63, 3.8) is 0 Å². The van der Waals surface area contributed by atoms with E-state index in [2.05, 4.69) is 5.16 Å². The number of carbonyl (C=O) groups excluding carboxylic acids is 2. The van der Waals surface area contributed by atoms with Crippen LogP contribution in [0.15, 0.2) is 53.7 Å². The first kappa shape index (κ1) is 22.6. The number of amidine groups is 1. The van der Waals surface area contributed by atoms with Gasteiger partial charge in [-0.25, -0.2) is 0 Å². The Hall–Kier alpha value is -2.70. The second-order valence-electron chi connectivity index (χ2n) is 6.77. The standard InChI is InChI=1S/C22H25ClN2O4/c1-15(27)18-6-2-16(3-7-18)12-19(22(24)25-29-11-10-26)14-21(28)13-17-4-8-20(23)9-5-17/h2-9,19,26H,10-14H2,1H3,(H2,24,25)/t19-/m1/s1. The summed E-state index contributed by atoms with van der Waals surface area (Å²) in [5, 5.41) is 13.3. The number of hydrogen-bond acceptors (Lipinski definition) is 5. The quantitative estimate of drug-likeness (QED) is 0.192. The van der Waals surface area contributed by atoms with E-state index in [4.69, 9.17) is 27.3 Å². The number of ketones is 2. The van der Waals surface area contributed by atoms with Crippen molar-refractivity contribution in [2.45, 2.75) is 26.2 Å². The molecule has 2 aromatic rings.